The van der Waals surface area contributed by atoms with Crippen LogP contribution in [0.3, 0.4) is 0 Å². The Labute approximate surface area is 213 Å². The van der Waals surface area contributed by atoms with Gasteiger partial charge in [-0.05, 0) is 53.9 Å². The highest BCUT2D eigenvalue weighted by Crippen LogP contribution is 2.31. The highest BCUT2D eigenvalue weighted by atomic mass is 19.4. The van der Waals surface area contributed by atoms with Crippen LogP contribution in [-0.2, 0) is 4.79 Å². The summed E-state index contributed by atoms with van der Waals surface area (Å²) in [4.78, 5) is 26.6. The standard InChI is InChI=1S/C28H27F3N2O4/c1-18-5-3-8-25(26(18)20-9-11-23(12-10-20)37-28(29,30)31)27(35)32-21-6-4-7-24(17-21)36-22-13-15-33(16-14-22)19(2)34/h3-12,17,22H,13-16H2,1-2H3,(H,32,35). The van der Waals surface area contributed by atoms with Crippen molar-refractivity contribution in [3.8, 4) is 22.6 Å². The molecule has 1 heterocycles. The molecule has 0 atom stereocenters. The number of aryl methyl sites for hydroxylation is 1. The molecule has 1 aliphatic rings. The quantitative estimate of drug-likeness (QED) is 0.427. The van der Waals surface area contributed by atoms with Gasteiger partial charge in [0, 0.05) is 50.2 Å². The molecule has 0 radical (unpaired) electrons. The van der Waals surface area contributed by atoms with E-state index in [4.69, 9.17) is 4.74 Å². The number of anilines is 1. The number of halogens is 3. The minimum atomic E-state index is -4.78. The summed E-state index contributed by atoms with van der Waals surface area (Å²) < 4.78 is 47.6. The largest absolute Gasteiger partial charge is 0.573 e. The van der Waals surface area contributed by atoms with Gasteiger partial charge in [-0.25, -0.2) is 0 Å². The number of hydrogen-bond acceptors (Lipinski definition) is 4. The summed E-state index contributed by atoms with van der Waals surface area (Å²) in [6, 6.07) is 17.8. The smallest absolute Gasteiger partial charge is 0.490 e. The Bertz CT molecular complexity index is 1270. The van der Waals surface area contributed by atoms with Gasteiger partial charge in [-0.15, -0.1) is 13.2 Å². The molecule has 0 spiro atoms. The van der Waals surface area contributed by atoms with E-state index >= 15 is 0 Å². The van der Waals surface area contributed by atoms with E-state index in [-0.39, 0.29) is 23.7 Å². The van der Waals surface area contributed by atoms with Crippen molar-refractivity contribution in [3.05, 3.63) is 77.9 Å². The maximum Gasteiger partial charge on any atom is 0.573 e. The predicted octanol–water partition coefficient (Wildman–Crippen LogP) is 6.20. The second-order valence-electron chi connectivity index (χ2n) is 8.87. The zero-order valence-corrected chi connectivity index (χ0v) is 20.5. The zero-order valence-electron chi connectivity index (χ0n) is 20.5. The molecule has 0 aromatic heterocycles. The number of amides is 2. The minimum Gasteiger partial charge on any atom is -0.490 e. The van der Waals surface area contributed by atoms with Crippen molar-refractivity contribution in [1.82, 2.24) is 4.90 Å². The number of nitrogens with zero attached hydrogens (tertiary/aromatic N) is 1. The minimum absolute atomic E-state index is 0.0192. The monoisotopic (exact) mass is 512 g/mol. The number of carbonyl (C=O) groups is 2. The van der Waals surface area contributed by atoms with E-state index in [0.29, 0.717) is 41.2 Å². The molecule has 0 aliphatic carbocycles. The van der Waals surface area contributed by atoms with Gasteiger partial charge in [0.1, 0.15) is 17.6 Å². The first-order valence-corrected chi connectivity index (χ1v) is 11.9. The third-order valence-corrected chi connectivity index (χ3v) is 6.18. The number of hydrogen-bond donors (Lipinski definition) is 1. The van der Waals surface area contributed by atoms with Gasteiger partial charge in [-0.3, -0.25) is 9.59 Å². The summed E-state index contributed by atoms with van der Waals surface area (Å²) in [7, 11) is 0. The topological polar surface area (TPSA) is 67.9 Å². The number of carbonyl (C=O) groups excluding carboxylic acids is 2. The van der Waals surface area contributed by atoms with Crippen LogP contribution >= 0.6 is 0 Å². The Morgan fingerprint density at radius 1 is 0.946 bits per heavy atom. The number of alkyl halides is 3. The molecule has 1 fully saturated rings. The highest BCUT2D eigenvalue weighted by Gasteiger charge is 2.31. The summed E-state index contributed by atoms with van der Waals surface area (Å²) in [6.07, 6.45) is -3.33. The van der Waals surface area contributed by atoms with Crippen molar-refractivity contribution in [2.75, 3.05) is 18.4 Å². The molecule has 194 valence electrons. The summed E-state index contributed by atoms with van der Waals surface area (Å²) >= 11 is 0. The van der Waals surface area contributed by atoms with E-state index < -0.39 is 6.36 Å². The third kappa shape index (κ3) is 6.81. The second kappa shape index (κ2) is 10.9. The van der Waals surface area contributed by atoms with Crippen LogP contribution in [0.25, 0.3) is 11.1 Å². The Morgan fingerprint density at radius 3 is 2.27 bits per heavy atom. The first-order chi connectivity index (χ1) is 17.6. The number of piperidine rings is 1. The molecule has 3 aromatic rings. The van der Waals surface area contributed by atoms with E-state index in [1.165, 1.54) is 24.3 Å². The van der Waals surface area contributed by atoms with Gasteiger partial charge < -0.3 is 19.7 Å². The van der Waals surface area contributed by atoms with Gasteiger partial charge in [0.2, 0.25) is 5.91 Å². The fraction of sp³-hybridized carbons (Fsp3) is 0.286. The van der Waals surface area contributed by atoms with Gasteiger partial charge in [0.05, 0.1) is 0 Å². The van der Waals surface area contributed by atoms with Gasteiger partial charge >= 0.3 is 6.36 Å². The van der Waals surface area contributed by atoms with Gasteiger partial charge in [-0.2, -0.15) is 0 Å². The van der Waals surface area contributed by atoms with Gasteiger partial charge in [-0.1, -0.05) is 30.3 Å². The Hall–Kier alpha value is -4.01. The van der Waals surface area contributed by atoms with Crippen molar-refractivity contribution in [2.45, 2.75) is 39.2 Å². The lowest BCUT2D eigenvalue weighted by Gasteiger charge is -2.31. The molecule has 6 nitrogen and oxygen atoms in total. The molecule has 1 saturated heterocycles. The Morgan fingerprint density at radius 2 is 1.62 bits per heavy atom. The lowest BCUT2D eigenvalue weighted by molar-refractivity contribution is -0.274. The first kappa shape index (κ1) is 26.1. The molecule has 1 aliphatic heterocycles. The number of benzene rings is 3. The molecule has 1 N–H and O–H groups in total. The number of likely N-dealkylation sites (tertiary alicyclic amines) is 1. The fourth-order valence-electron chi connectivity index (χ4n) is 4.39. The predicted molar refractivity (Wildman–Crippen MR) is 134 cm³/mol. The van der Waals surface area contributed by atoms with E-state index in [2.05, 4.69) is 10.1 Å². The zero-order chi connectivity index (χ0) is 26.6. The first-order valence-electron chi connectivity index (χ1n) is 11.9. The van der Waals surface area contributed by atoms with Crippen molar-refractivity contribution < 1.29 is 32.2 Å². The number of nitrogens with one attached hydrogen (secondary N) is 1. The Balaban J connectivity index is 1.48. The van der Waals surface area contributed by atoms with Crippen LogP contribution in [-0.4, -0.2) is 42.3 Å². The van der Waals surface area contributed by atoms with Crippen LogP contribution in [0.2, 0.25) is 0 Å². The van der Waals surface area contributed by atoms with Crippen molar-refractivity contribution >= 4 is 17.5 Å². The molecule has 2 amide bonds. The second-order valence-corrected chi connectivity index (χ2v) is 8.87. The third-order valence-electron chi connectivity index (χ3n) is 6.18. The summed E-state index contributed by atoms with van der Waals surface area (Å²) in [5.41, 5.74) is 2.93. The average molecular weight is 513 g/mol. The molecular weight excluding hydrogens is 485 g/mol. The normalized spacial score (nSPS) is 14.2. The molecule has 9 heteroatoms. The molecule has 0 saturated carbocycles. The molecule has 3 aromatic carbocycles. The fourth-order valence-corrected chi connectivity index (χ4v) is 4.39. The molecule has 4 rings (SSSR count). The lowest BCUT2D eigenvalue weighted by atomic mass is 9.94. The molecular formula is C28H27F3N2O4. The Kier molecular flexibility index (Phi) is 7.71. The van der Waals surface area contributed by atoms with E-state index in [1.54, 1.807) is 42.2 Å². The SMILES string of the molecule is CC(=O)N1CCC(Oc2cccc(NC(=O)c3cccc(C)c3-c3ccc(OC(F)(F)F)cc3)c2)CC1. The van der Waals surface area contributed by atoms with Gasteiger partial charge in [0.25, 0.3) is 5.91 Å². The maximum absolute atomic E-state index is 13.3. The summed E-state index contributed by atoms with van der Waals surface area (Å²) in [5.74, 6) is -0.0195. The van der Waals surface area contributed by atoms with Crippen LogP contribution in [0.15, 0.2) is 66.7 Å². The van der Waals surface area contributed by atoms with Gasteiger partial charge in [0.15, 0.2) is 0 Å². The van der Waals surface area contributed by atoms with Crippen molar-refractivity contribution in [1.29, 1.82) is 0 Å². The highest BCUT2D eigenvalue weighted by molar-refractivity contribution is 6.09. The summed E-state index contributed by atoms with van der Waals surface area (Å²) in [5, 5.41) is 2.89. The summed E-state index contributed by atoms with van der Waals surface area (Å²) in [6.45, 7) is 4.69. The van der Waals surface area contributed by atoms with E-state index in [0.717, 1.165) is 18.4 Å². The van der Waals surface area contributed by atoms with Crippen LogP contribution in [0.4, 0.5) is 18.9 Å². The van der Waals surface area contributed by atoms with Crippen LogP contribution in [0, 0.1) is 6.92 Å². The molecule has 37 heavy (non-hydrogen) atoms. The molecule has 0 unspecified atom stereocenters. The number of rotatable bonds is 6. The van der Waals surface area contributed by atoms with Crippen molar-refractivity contribution in [2.24, 2.45) is 0 Å². The van der Waals surface area contributed by atoms with E-state index in [1.807, 2.05) is 19.1 Å². The number of ether oxygens (including phenoxy) is 2. The van der Waals surface area contributed by atoms with Crippen LogP contribution in [0.1, 0.15) is 35.7 Å². The van der Waals surface area contributed by atoms with Crippen LogP contribution < -0.4 is 14.8 Å². The lowest BCUT2D eigenvalue weighted by Crippen LogP contribution is -2.40. The molecule has 0 bridgehead atoms. The average Bonchev–Trinajstić information content (AvgIpc) is 2.84. The maximum atomic E-state index is 13.3. The van der Waals surface area contributed by atoms with E-state index in [9.17, 15) is 22.8 Å². The van der Waals surface area contributed by atoms with Crippen molar-refractivity contribution in [3.63, 3.8) is 0 Å². The van der Waals surface area contributed by atoms with Crippen LogP contribution in [0.5, 0.6) is 11.5 Å².